The van der Waals surface area contributed by atoms with Gasteiger partial charge in [-0.05, 0) is 24.1 Å². The highest BCUT2D eigenvalue weighted by molar-refractivity contribution is 5.32. The molecule has 16 heavy (non-hydrogen) atoms. The third-order valence-electron chi connectivity index (χ3n) is 3.02. The highest BCUT2D eigenvalue weighted by Crippen LogP contribution is 2.30. The van der Waals surface area contributed by atoms with Crippen molar-refractivity contribution in [3.8, 4) is 5.75 Å². The first-order valence-electron chi connectivity index (χ1n) is 5.73. The molecule has 0 fully saturated rings. The van der Waals surface area contributed by atoms with E-state index in [4.69, 9.17) is 0 Å². The molecule has 0 aliphatic heterocycles. The van der Waals surface area contributed by atoms with Gasteiger partial charge in [0.25, 0.3) is 0 Å². The molecule has 1 aromatic rings. The van der Waals surface area contributed by atoms with Crippen molar-refractivity contribution in [1.82, 2.24) is 0 Å². The molecule has 1 aromatic carbocycles. The summed E-state index contributed by atoms with van der Waals surface area (Å²) in [6, 6.07) is 7.50. The minimum absolute atomic E-state index is 0.158. The van der Waals surface area contributed by atoms with E-state index in [1.165, 1.54) is 5.56 Å². The normalized spacial score (nSPS) is 23.0. The average Bonchev–Trinajstić information content (AvgIpc) is 2.41. The van der Waals surface area contributed by atoms with Crippen molar-refractivity contribution in [1.29, 1.82) is 0 Å². The molecule has 2 rings (SSSR count). The lowest BCUT2D eigenvalue weighted by atomic mass is 9.92. The zero-order valence-corrected chi connectivity index (χ0v) is 9.85. The van der Waals surface area contributed by atoms with E-state index in [2.05, 4.69) is 38.2 Å². The largest absolute Gasteiger partial charge is 0.508 e. The summed E-state index contributed by atoms with van der Waals surface area (Å²) < 4.78 is 0. The van der Waals surface area contributed by atoms with E-state index in [0.29, 0.717) is 11.7 Å². The summed E-state index contributed by atoms with van der Waals surface area (Å²) in [5.41, 5.74) is 1.42. The Bertz CT molecular complexity index is 410. The van der Waals surface area contributed by atoms with Crippen LogP contribution in [-0.2, 0) is 0 Å². The number of benzene rings is 1. The lowest BCUT2D eigenvalue weighted by molar-refractivity contribution is 0.475. The highest BCUT2D eigenvalue weighted by Gasteiger charge is 2.15. The van der Waals surface area contributed by atoms with Gasteiger partial charge in [-0.25, -0.2) is 0 Å². The average molecular weight is 214 g/mol. The van der Waals surface area contributed by atoms with Gasteiger partial charge in [0, 0.05) is 11.3 Å². The third kappa shape index (κ3) is 2.54. The fourth-order valence-corrected chi connectivity index (χ4v) is 1.99. The summed E-state index contributed by atoms with van der Waals surface area (Å²) in [6.45, 7) is 4.42. The molecular weight excluding hydrogens is 196 g/mol. The summed E-state index contributed by atoms with van der Waals surface area (Å²) in [5.74, 6) is 0.760. The zero-order chi connectivity index (χ0) is 11.6. The maximum atomic E-state index is 9.26. The van der Waals surface area contributed by atoms with Gasteiger partial charge in [0.2, 0.25) is 0 Å². The summed E-state index contributed by atoms with van der Waals surface area (Å²) in [4.78, 5) is 0. The summed E-state index contributed by atoms with van der Waals surface area (Å²) in [5, 5.41) is 9.26. The summed E-state index contributed by atoms with van der Waals surface area (Å²) >= 11 is 0. The zero-order valence-electron chi connectivity index (χ0n) is 9.85. The molecule has 1 unspecified atom stereocenters. The Kier molecular flexibility index (Phi) is 2.86. The van der Waals surface area contributed by atoms with E-state index < -0.39 is 0 Å². The van der Waals surface area contributed by atoms with Crippen LogP contribution >= 0.6 is 0 Å². The third-order valence-corrected chi connectivity index (χ3v) is 3.02. The van der Waals surface area contributed by atoms with Crippen molar-refractivity contribution in [2.24, 2.45) is 5.41 Å². The number of aromatic hydroxyl groups is 1. The maximum Gasteiger partial charge on any atom is 0.115 e. The van der Waals surface area contributed by atoms with Crippen LogP contribution in [0.1, 0.15) is 31.7 Å². The number of allylic oxidation sites excluding steroid dienone is 4. The van der Waals surface area contributed by atoms with E-state index in [-0.39, 0.29) is 5.41 Å². The molecule has 0 saturated carbocycles. The van der Waals surface area contributed by atoms with E-state index >= 15 is 0 Å². The number of hydrogen-bond acceptors (Lipinski definition) is 1. The summed E-state index contributed by atoms with van der Waals surface area (Å²) in [7, 11) is 0. The summed E-state index contributed by atoms with van der Waals surface area (Å²) in [6.07, 6.45) is 10.1. The molecule has 0 amide bonds. The molecule has 84 valence electrons. The lowest BCUT2D eigenvalue weighted by Crippen LogP contribution is -2.00. The first-order valence-corrected chi connectivity index (χ1v) is 5.73. The molecule has 0 aromatic heterocycles. The van der Waals surface area contributed by atoms with Crippen molar-refractivity contribution in [2.75, 3.05) is 0 Å². The Labute approximate surface area is 97.1 Å². The molecular formula is C15H18O. The van der Waals surface area contributed by atoms with Gasteiger partial charge >= 0.3 is 0 Å². The van der Waals surface area contributed by atoms with Crippen LogP contribution in [-0.4, -0.2) is 5.11 Å². The smallest absolute Gasteiger partial charge is 0.115 e. The number of phenolic OH excluding ortho intramolecular Hbond substituents is 1. The van der Waals surface area contributed by atoms with Crippen LogP contribution < -0.4 is 0 Å². The van der Waals surface area contributed by atoms with E-state index in [0.717, 1.165) is 6.42 Å². The first-order chi connectivity index (χ1) is 7.57. The molecule has 0 radical (unpaired) electrons. The van der Waals surface area contributed by atoms with Gasteiger partial charge in [0.1, 0.15) is 5.75 Å². The highest BCUT2D eigenvalue weighted by atomic mass is 16.3. The quantitative estimate of drug-likeness (QED) is 0.700. The van der Waals surface area contributed by atoms with Gasteiger partial charge in [-0.1, -0.05) is 50.3 Å². The SMILES string of the molecule is CC1(C)C=CCC(c2ccc(O)cc2)C=C1. The van der Waals surface area contributed by atoms with Gasteiger partial charge in [-0.3, -0.25) is 0 Å². The predicted molar refractivity (Wildman–Crippen MR) is 67.5 cm³/mol. The predicted octanol–water partition coefficient (Wildman–Crippen LogP) is 4.02. The number of phenols is 1. The van der Waals surface area contributed by atoms with Crippen molar-refractivity contribution in [3.05, 3.63) is 54.1 Å². The molecule has 1 aliphatic rings. The van der Waals surface area contributed by atoms with Crippen LogP contribution in [0.15, 0.2) is 48.6 Å². The molecule has 1 aliphatic carbocycles. The van der Waals surface area contributed by atoms with Crippen LogP contribution in [0.4, 0.5) is 0 Å². The van der Waals surface area contributed by atoms with Gasteiger partial charge in [-0.2, -0.15) is 0 Å². The van der Waals surface area contributed by atoms with Gasteiger partial charge < -0.3 is 5.11 Å². The van der Waals surface area contributed by atoms with Gasteiger partial charge in [-0.15, -0.1) is 0 Å². The Balaban J connectivity index is 2.23. The standard InChI is InChI=1S/C15H18O/c1-15(2)10-3-4-12(9-11-15)13-5-7-14(16)8-6-13/h3,5-12,16H,4H2,1-2H3. The fraction of sp³-hybridized carbons (Fsp3) is 0.333. The second-order valence-electron chi connectivity index (χ2n) is 5.02. The van der Waals surface area contributed by atoms with Crippen LogP contribution in [0, 0.1) is 5.41 Å². The van der Waals surface area contributed by atoms with Crippen molar-refractivity contribution < 1.29 is 5.11 Å². The second-order valence-corrected chi connectivity index (χ2v) is 5.02. The number of hydrogen-bond donors (Lipinski definition) is 1. The molecule has 1 N–H and O–H groups in total. The minimum atomic E-state index is 0.158. The molecule has 1 heteroatoms. The van der Waals surface area contributed by atoms with Crippen molar-refractivity contribution >= 4 is 0 Å². The monoisotopic (exact) mass is 214 g/mol. The van der Waals surface area contributed by atoms with Crippen molar-refractivity contribution in [2.45, 2.75) is 26.2 Å². The van der Waals surface area contributed by atoms with Crippen LogP contribution in [0.5, 0.6) is 5.75 Å². The lowest BCUT2D eigenvalue weighted by Gasteiger charge is -2.13. The van der Waals surface area contributed by atoms with Crippen LogP contribution in [0.3, 0.4) is 0 Å². The van der Waals surface area contributed by atoms with Gasteiger partial charge in [0.05, 0.1) is 0 Å². The fourth-order valence-electron chi connectivity index (χ4n) is 1.99. The molecule has 0 saturated heterocycles. The Morgan fingerprint density at radius 1 is 1.12 bits per heavy atom. The van der Waals surface area contributed by atoms with E-state index in [9.17, 15) is 5.11 Å². The molecule has 1 nitrogen and oxygen atoms in total. The Morgan fingerprint density at radius 2 is 1.81 bits per heavy atom. The second kappa shape index (κ2) is 4.17. The van der Waals surface area contributed by atoms with Crippen molar-refractivity contribution in [3.63, 3.8) is 0 Å². The van der Waals surface area contributed by atoms with Gasteiger partial charge in [0.15, 0.2) is 0 Å². The molecule has 0 bridgehead atoms. The number of rotatable bonds is 1. The maximum absolute atomic E-state index is 9.26. The molecule has 1 atom stereocenters. The topological polar surface area (TPSA) is 20.2 Å². The molecule has 0 heterocycles. The van der Waals surface area contributed by atoms with E-state index in [1.807, 2.05) is 12.1 Å². The van der Waals surface area contributed by atoms with E-state index in [1.54, 1.807) is 12.1 Å². The Morgan fingerprint density at radius 3 is 2.50 bits per heavy atom. The van der Waals surface area contributed by atoms with Crippen LogP contribution in [0.25, 0.3) is 0 Å². The van der Waals surface area contributed by atoms with Crippen LogP contribution in [0.2, 0.25) is 0 Å². The Hall–Kier alpha value is -1.50. The first kappa shape index (κ1) is 11.0. The molecule has 0 spiro atoms. The minimum Gasteiger partial charge on any atom is -0.508 e.